The highest BCUT2D eigenvalue weighted by Crippen LogP contribution is 2.19. The van der Waals surface area contributed by atoms with E-state index in [2.05, 4.69) is 17.2 Å². The van der Waals surface area contributed by atoms with Gasteiger partial charge in [-0.3, -0.25) is 4.79 Å². The molecule has 0 spiro atoms. The molecule has 6 nitrogen and oxygen atoms in total. The Labute approximate surface area is 200 Å². The number of nitrogens with zero attached hydrogens (tertiary/aromatic N) is 2. The Morgan fingerprint density at radius 3 is 2.33 bits per heavy atom. The molecule has 0 saturated heterocycles. The maximum absolute atomic E-state index is 12.6. The minimum absolute atomic E-state index is 0.0604. The van der Waals surface area contributed by atoms with E-state index in [0.29, 0.717) is 32.1 Å². The van der Waals surface area contributed by atoms with Gasteiger partial charge >= 0.3 is 0 Å². The third-order valence-electron chi connectivity index (χ3n) is 5.07. The summed E-state index contributed by atoms with van der Waals surface area (Å²) < 4.78 is 18.2. The number of aromatic nitrogens is 2. The summed E-state index contributed by atoms with van der Waals surface area (Å²) in [7, 11) is 0. The molecule has 0 fully saturated rings. The number of hydrogen-bond acceptors (Lipinski definition) is 5. The lowest BCUT2D eigenvalue weighted by molar-refractivity contribution is 0.116. The number of hydrogen-bond donors (Lipinski definition) is 0. The topological polar surface area (TPSA) is 62.6 Å². The predicted molar refractivity (Wildman–Crippen MR) is 130 cm³/mol. The minimum Gasteiger partial charge on any atom is -0.494 e. The monoisotopic (exact) mass is 470 g/mol. The van der Waals surface area contributed by atoms with E-state index in [9.17, 15) is 4.79 Å². The van der Waals surface area contributed by atoms with Crippen molar-refractivity contribution in [3.8, 4) is 11.5 Å². The summed E-state index contributed by atoms with van der Waals surface area (Å²) in [5.41, 5.74) is 1.77. The molecular weight excluding hydrogens is 440 g/mol. The number of ether oxygens (including phenoxy) is 3. The Hall–Kier alpha value is -2.83. The lowest BCUT2D eigenvalue weighted by atomic mass is 10.2. The Bertz CT molecular complexity index is 1020. The molecule has 1 heterocycles. The number of benzene rings is 2. The quantitative estimate of drug-likeness (QED) is 0.291. The second-order valence-corrected chi connectivity index (χ2v) is 8.04. The summed E-state index contributed by atoms with van der Waals surface area (Å²) in [6.45, 7) is 4.77. The fraction of sp³-hybridized carbons (Fsp3) is 0.385. The Morgan fingerprint density at radius 1 is 0.879 bits per heavy atom. The summed E-state index contributed by atoms with van der Waals surface area (Å²) in [6.07, 6.45) is 5.49. The molecule has 2 aromatic carbocycles. The van der Waals surface area contributed by atoms with E-state index in [0.717, 1.165) is 43.6 Å². The number of rotatable bonds is 14. The van der Waals surface area contributed by atoms with E-state index >= 15 is 0 Å². The summed E-state index contributed by atoms with van der Waals surface area (Å²) >= 11 is 6.24. The van der Waals surface area contributed by atoms with Crippen molar-refractivity contribution in [3.63, 3.8) is 0 Å². The highest BCUT2D eigenvalue weighted by Gasteiger charge is 2.11. The first-order valence-electron chi connectivity index (χ1n) is 11.4. The van der Waals surface area contributed by atoms with Crippen LogP contribution < -0.4 is 15.0 Å². The molecule has 0 aliphatic heterocycles. The van der Waals surface area contributed by atoms with Crippen LogP contribution in [-0.2, 0) is 17.9 Å². The van der Waals surface area contributed by atoms with Crippen LogP contribution in [0.4, 0.5) is 0 Å². The van der Waals surface area contributed by atoms with Crippen molar-refractivity contribution >= 4 is 11.6 Å². The van der Waals surface area contributed by atoms with Crippen LogP contribution in [0.15, 0.2) is 65.6 Å². The zero-order valence-electron chi connectivity index (χ0n) is 19.0. The van der Waals surface area contributed by atoms with Crippen molar-refractivity contribution < 1.29 is 14.2 Å². The van der Waals surface area contributed by atoms with Crippen molar-refractivity contribution in [1.82, 2.24) is 9.78 Å². The van der Waals surface area contributed by atoms with Crippen LogP contribution in [0.2, 0.25) is 5.02 Å². The van der Waals surface area contributed by atoms with Gasteiger partial charge < -0.3 is 14.2 Å². The lowest BCUT2D eigenvalue weighted by Gasteiger charge is -2.10. The van der Waals surface area contributed by atoms with Crippen molar-refractivity contribution in [2.75, 3.05) is 19.8 Å². The van der Waals surface area contributed by atoms with Crippen LogP contribution in [0.5, 0.6) is 11.5 Å². The fourth-order valence-electron chi connectivity index (χ4n) is 3.30. The SMILES string of the molecule is CCOc1ccc(Cn2ncc(OCCCCCCOCc3ccccc3)c(Cl)c2=O)cc1. The van der Waals surface area contributed by atoms with Crippen molar-refractivity contribution in [2.45, 2.75) is 45.8 Å². The second-order valence-electron chi connectivity index (χ2n) is 7.66. The van der Waals surface area contributed by atoms with Gasteiger partial charge in [-0.15, -0.1) is 0 Å². The van der Waals surface area contributed by atoms with Gasteiger partial charge in [0.1, 0.15) is 5.75 Å². The smallest absolute Gasteiger partial charge is 0.289 e. The fourth-order valence-corrected chi connectivity index (χ4v) is 3.50. The van der Waals surface area contributed by atoms with Gasteiger partial charge in [-0.25, -0.2) is 4.68 Å². The molecule has 0 bridgehead atoms. The minimum atomic E-state index is -0.362. The zero-order valence-corrected chi connectivity index (χ0v) is 19.8. The second kappa shape index (κ2) is 13.7. The highest BCUT2D eigenvalue weighted by atomic mass is 35.5. The standard InChI is InChI=1S/C26H31ClN2O4/c1-2-32-23-14-12-21(13-15-23)19-29-26(30)25(27)24(18-28-29)33-17-9-4-3-8-16-31-20-22-10-6-5-7-11-22/h5-7,10-15,18H,2-4,8-9,16-17,19-20H2,1H3. The molecule has 0 atom stereocenters. The summed E-state index contributed by atoms with van der Waals surface area (Å²) in [6, 6.07) is 17.7. The first-order valence-corrected chi connectivity index (χ1v) is 11.8. The molecule has 0 saturated carbocycles. The Balaban J connectivity index is 1.34. The molecule has 3 rings (SSSR count). The van der Waals surface area contributed by atoms with Crippen LogP contribution >= 0.6 is 11.6 Å². The molecule has 0 radical (unpaired) electrons. The van der Waals surface area contributed by atoms with Crippen LogP contribution in [0.1, 0.15) is 43.7 Å². The van der Waals surface area contributed by atoms with Crippen molar-refractivity contribution in [2.24, 2.45) is 0 Å². The normalized spacial score (nSPS) is 10.8. The largest absolute Gasteiger partial charge is 0.494 e. The summed E-state index contributed by atoms with van der Waals surface area (Å²) in [5, 5.41) is 4.27. The van der Waals surface area contributed by atoms with Gasteiger partial charge in [-0.05, 0) is 49.4 Å². The number of halogens is 1. The molecule has 0 amide bonds. The molecule has 0 N–H and O–H groups in total. The van der Waals surface area contributed by atoms with Gasteiger partial charge in [-0.2, -0.15) is 5.10 Å². The van der Waals surface area contributed by atoms with Crippen LogP contribution in [0, 0.1) is 0 Å². The average molecular weight is 471 g/mol. The first-order chi connectivity index (χ1) is 16.2. The summed E-state index contributed by atoms with van der Waals surface area (Å²) in [4.78, 5) is 12.6. The van der Waals surface area contributed by atoms with Gasteiger partial charge in [0.2, 0.25) is 0 Å². The predicted octanol–water partition coefficient (Wildman–Crippen LogP) is 5.50. The molecule has 33 heavy (non-hydrogen) atoms. The maximum atomic E-state index is 12.6. The van der Waals surface area contributed by atoms with E-state index in [1.165, 1.54) is 16.4 Å². The van der Waals surface area contributed by atoms with E-state index in [1.54, 1.807) is 0 Å². The third-order valence-corrected chi connectivity index (χ3v) is 5.42. The van der Waals surface area contributed by atoms with Gasteiger partial charge in [0, 0.05) is 6.61 Å². The van der Waals surface area contributed by atoms with Gasteiger partial charge in [0.25, 0.3) is 5.56 Å². The van der Waals surface area contributed by atoms with Gasteiger partial charge in [0.15, 0.2) is 10.8 Å². The van der Waals surface area contributed by atoms with Crippen LogP contribution in [0.3, 0.4) is 0 Å². The molecule has 1 aromatic heterocycles. The summed E-state index contributed by atoms with van der Waals surface area (Å²) in [5.74, 6) is 1.12. The van der Waals surface area contributed by atoms with Crippen LogP contribution in [-0.4, -0.2) is 29.6 Å². The Morgan fingerprint density at radius 2 is 1.61 bits per heavy atom. The molecule has 3 aromatic rings. The maximum Gasteiger partial charge on any atom is 0.289 e. The van der Waals surface area contributed by atoms with Crippen molar-refractivity contribution in [1.29, 1.82) is 0 Å². The van der Waals surface area contributed by atoms with Crippen molar-refractivity contribution in [3.05, 3.63) is 87.3 Å². The number of unbranched alkanes of at least 4 members (excludes halogenated alkanes) is 3. The van der Waals surface area contributed by atoms with E-state index in [4.69, 9.17) is 25.8 Å². The molecule has 0 unspecified atom stereocenters. The van der Waals surface area contributed by atoms with Crippen LogP contribution in [0.25, 0.3) is 0 Å². The molecule has 176 valence electrons. The Kier molecular flexibility index (Phi) is 10.3. The molecular formula is C26H31ClN2O4. The molecule has 0 aliphatic rings. The van der Waals surface area contributed by atoms with E-state index < -0.39 is 0 Å². The van der Waals surface area contributed by atoms with E-state index in [1.807, 2.05) is 49.4 Å². The third kappa shape index (κ3) is 8.22. The highest BCUT2D eigenvalue weighted by molar-refractivity contribution is 6.31. The molecule has 7 heteroatoms. The first kappa shape index (κ1) is 24.8. The van der Waals surface area contributed by atoms with E-state index in [-0.39, 0.29) is 10.6 Å². The molecule has 0 aliphatic carbocycles. The van der Waals surface area contributed by atoms with Gasteiger partial charge in [0.05, 0.1) is 32.6 Å². The average Bonchev–Trinajstić information content (AvgIpc) is 2.84. The lowest BCUT2D eigenvalue weighted by Crippen LogP contribution is -2.24. The van der Waals surface area contributed by atoms with Gasteiger partial charge in [-0.1, -0.05) is 60.5 Å². The zero-order chi connectivity index (χ0) is 23.3.